The first-order chi connectivity index (χ1) is 9.24. The van der Waals surface area contributed by atoms with Crippen molar-refractivity contribution in [2.75, 3.05) is 18.5 Å². The lowest BCUT2D eigenvalue weighted by atomic mass is 10.1. The summed E-state index contributed by atoms with van der Waals surface area (Å²) in [6.07, 6.45) is 1.79. The van der Waals surface area contributed by atoms with Crippen molar-refractivity contribution in [3.63, 3.8) is 0 Å². The van der Waals surface area contributed by atoms with Gasteiger partial charge in [-0.15, -0.1) is 0 Å². The fourth-order valence-electron chi connectivity index (χ4n) is 2.21. The van der Waals surface area contributed by atoms with Crippen molar-refractivity contribution < 1.29 is 9.84 Å². The van der Waals surface area contributed by atoms with E-state index < -0.39 is 6.10 Å². The Labute approximate surface area is 119 Å². The Balaban J connectivity index is 1.93. The third-order valence-corrected chi connectivity index (χ3v) is 3.74. The summed E-state index contributed by atoms with van der Waals surface area (Å²) in [5, 5.41) is 14.2. The van der Waals surface area contributed by atoms with Gasteiger partial charge in [-0.3, -0.25) is 0 Å². The summed E-state index contributed by atoms with van der Waals surface area (Å²) in [7, 11) is 0. The van der Waals surface area contributed by atoms with Crippen LogP contribution in [-0.4, -0.2) is 40.4 Å². The summed E-state index contributed by atoms with van der Waals surface area (Å²) in [6, 6.07) is 5.82. The quantitative estimate of drug-likeness (QED) is 0.884. The fourth-order valence-corrected chi connectivity index (χ4v) is 2.57. The lowest BCUT2D eigenvalue weighted by molar-refractivity contribution is -0.0135. The summed E-state index contributed by atoms with van der Waals surface area (Å²) in [4.78, 5) is 8.52. The molecule has 0 bridgehead atoms. The molecule has 1 aromatic carbocycles. The highest BCUT2D eigenvalue weighted by atomic mass is 79.9. The zero-order valence-corrected chi connectivity index (χ0v) is 11.8. The van der Waals surface area contributed by atoms with Crippen LogP contribution in [0.15, 0.2) is 29.0 Å². The molecule has 2 atom stereocenters. The van der Waals surface area contributed by atoms with E-state index in [2.05, 4.69) is 31.2 Å². The fraction of sp³-hybridized carbons (Fsp3) is 0.385. The Hall–Kier alpha value is -1.24. The van der Waals surface area contributed by atoms with Crippen LogP contribution < -0.4 is 5.32 Å². The van der Waals surface area contributed by atoms with E-state index in [0.717, 1.165) is 27.6 Å². The summed E-state index contributed by atoms with van der Waals surface area (Å²) >= 11 is 3.45. The molecular weight excluding hydrogens is 310 g/mol. The summed E-state index contributed by atoms with van der Waals surface area (Å²) in [5.74, 6) is 0.747. The summed E-state index contributed by atoms with van der Waals surface area (Å²) in [5.41, 5.74) is 0.877. The second-order valence-electron chi connectivity index (χ2n) is 4.57. The van der Waals surface area contributed by atoms with Gasteiger partial charge in [0.05, 0.1) is 24.3 Å². The van der Waals surface area contributed by atoms with Crippen LogP contribution in [0, 0.1) is 0 Å². The monoisotopic (exact) mass is 323 g/mol. The van der Waals surface area contributed by atoms with Crippen LogP contribution in [0.2, 0.25) is 0 Å². The molecule has 3 rings (SSSR count). The van der Waals surface area contributed by atoms with Crippen LogP contribution >= 0.6 is 15.9 Å². The van der Waals surface area contributed by atoms with Crippen molar-refractivity contribution in [3.8, 4) is 0 Å². The Morgan fingerprint density at radius 3 is 3.11 bits per heavy atom. The number of ether oxygens (including phenoxy) is 1. The van der Waals surface area contributed by atoms with Crippen molar-refractivity contribution in [1.29, 1.82) is 0 Å². The van der Waals surface area contributed by atoms with E-state index in [1.807, 2.05) is 18.2 Å². The predicted molar refractivity (Wildman–Crippen MR) is 76.1 cm³/mol. The van der Waals surface area contributed by atoms with Crippen molar-refractivity contribution in [2.45, 2.75) is 18.6 Å². The van der Waals surface area contributed by atoms with Crippen molar-refractivity contribution in [2.24, 2.45) is 0 Å². The van der Waals surface area contributed by atoms with Gasteiger partial charge in [0.15, 0.2) is 0 Å². The van der Waals surface area contributed by atoms with Gasteiger partial charge in [0.2, 0.25) is 0 Å². The van der Waals surface area contributed by atoms with E-state index in [4.69, 9.17) is 4.74 Å². The summed E-state index contributed by atoms with van der Waals surface area (Å²) < 4.78 is 6.20. The summed E-state index contributed by atoms with van der Waals surface area (Å²) in [6.45, 7) is 1.02. The number of hydrogen-bond acceptors (Lipinski definition) is 5. The van der Waals surface area contributed by atoms with Gasteiger partial charge in [-0.25, -0.2) is 9.97 Å². The van der Waals surface area contributed by atoms with Crippen LogP contribution in [0.3, 0.4) is 0 Å². The lowest BCUT2D eigenvalue weighted by Gasteiger charge is -2.29. The zero-order chi connectivity index (χ0) is 13.2. The molecule has 1 aliphatic heterocycles. The predicted octanol–water partition coefficient (Wildman–Crippen LogP) is 1.95. The van der Waals surface area contributed by atoms with Gasteiger partial charge in [0, 0.05) is 16.5 Å². The minimum absolute atomic E-state index is 0.0363. The zero-order valence-electron chi connectivity index (χ0n) is 10.2. The van der Waals surface area contributed by atoms with Gasteiger partial charge < -0.3 is 15.2 Å². The molecule has 6 heteroatoms. The number of halogens is 1. The number of hydrogen-bond donors (Lipinski definition) is 2. The average molecular weight is 324 g/mol. The van der Waals surface area contributed by atoms with Crippen molar-refractivity contribution in [1.82, 2.24) is 9.97 Å². The number of aliphatic hydroxyl groups excluding tert-OH is 1. The molecule has 1 aromatic heterocycles. The van der Waals surface area contributed by atoms with Gasteiger partial charge in [-0.2, -0.15) is 0 Å². The smallest absolute Gasteiger partial charge is 0.137 e. The minimum atomic E-state index is -0.508. The van der Waals surface area contributed by atoms with Crippen molar-refractivity contribution >= 4 is 32.7 Å². The first-order valence-corrected chi connectivity index (χ1v) is 6.96. The molecule has 0 saturated carbocycles. The van der Waals surface area contributed by atoms with Gasteiger partial charge in [-0.05, 0) is 24.6 Å². The van der Waals surface area contributed by atoms with E-state index in [9.17, 15) is 5.11 Å². The highest BCUT2D eigenvalue weighted by molar-refractivity contribution is 9.10. The minimum Gasteiger partial charge on any atom is -0.389 e. The lowest BCUT2D eigenvalue weighted by Crippen LogP contribution is -2.42. The first-order valence-electron chi connectivity index (χ1n) is 6.16. The van der Waals surface area contributed by atoms with E-state index in [1.165, 1.54) is 6.33 Å². The van der Waals surface area contributed by atoms with Crippen molar-refractivity contribution in [3.05, 3.63) is 29.0 Å². The third kappa shape index (κ3) is 2.70. The molecular formula is C13H14BrN3O2. The van der Waals surface area contributed by atoms with Crippen LogP contribution in [-0.2, 0) is 4.74 Å². The molecule has 0 radical (unpaired) electrons. The topological polar surface area (TPSA) is 67.3 Å². The molecule has 0 amide bonds. The number of nitrogens with zero attached hydrogens (tertiary/aromatic N) is 2. The third-order valence-electron chi connectivity index (χ3n) is 3.25. The van der Waals surface area contributed by atoms with Crippen LogP contribution in [0.4, 0.5) is 5.82 Å². The highest BCUT2D eigenvalue weighted by Gasteiger charge is 2.24. The van der Waals surface area contributed by atoms with Crippen LogP contribution in [0.1, 0.15) is 6.42 Å². The van der Waals surface area contributed by atoms with Gasteiger partial charge in [0.1, 0.15) is 12.1 Å². The molecule has 5 nitrogen and oxygen atoms in total. The number of rotatable bonds is 2. The molecule has 19 heavy (non-hydrogen) atoms. The molecule has 1 aliphatic rings. The standard InChI is InChI=1S/C13H14BrN3O2/c14-8-1-2-10-9(5-8)13(16-7-15-10)17-11-3-4-19-6-12(11)18/h1-2,5,7,11-12,18H,3-4,6H2,(H,15,16,17)/t11-,12-/m1/s1. The molecule has 0 spiro atoms. The molecule has 2 aromatic rings. The Bertz CT molecular complexity index is 593. The molecule has 1 fully saturated rings. The average Bonchev–Trinajstić information content (AvgIpc) is 2.42. The maximum Gasteiger partial charge on any atom is 0.137 e. The number of fused-ring (bicyclic) bond motifs is 1. The van der Waals surface area contributed by atoms with E-state index in [1.54, 1.807) is 0 Å². The normalized spacial score (nSPS) is 23.5. The van der Waals surface area contributed by atoms with Gasteiger partial charge >= 0.3 is 0 Å². The molecule has 100 valence electrons. The second kappa shape index (κ2) is 5.40. The number of nitrogens with one attached hydrogen (secondary N) is 1. The maximum atomic E-state index is 9.92. The maximum absolute atomic E-state index is 9.92. The van der Waals surface area contributed by atoms with E-state index >= 15 is 0 Å². The number of anilines is 1. The molecule has 0 unspecified atom stereocenters. The largest absolute Gasteiger partial charge is 0.389 e. The molecule has 2 heterocycles. The van der Waals surface area contributed by atoms with Crippen LogP contribution in [0.5, 0.6) is 0 Å². The number of benzene rings is 1. The molecule has 2 N–H and O–H groups in total. The first kappa shape index (κ1) is 12.8. The van der Waals surface area contributed by atoms with E-state index in [-0.39, 0.29) is 6.04 Å². The molecule has 0 aliphatic carbocycles. The van der Waals surface area contributed by atoms with E-state index in [0.29, 0.717) is 13.2 Å². The van der Waals surface area contributed by atoms with Crippen LogP contribution in [0.25, 0.3) is 10.9 Å². The Kier molecular flexibility index (Phi) is 3.63. The van der Waals surface area contributed by atoms with Gasteiger partial charge in [0.25, 0.3) is 0 Å². The SMILES string of the molecule is O[C@@H]1COCC[C@H]1Nc1ncnc2ccc(Br)cc12. The Morgan fingerprint density at radius 2 is 2.26 bits per heavy atom. The highest BCUT2D eigenvalue weighted by Crippen LogP contribution is 2.25. The number of aliphatic hydroxyl groups is 1. The number of aromatic nitrogens is 2. The molecule has 1 saturated heterocycles. The van der Waals surface area contributed by atoms with Gasteiger partial charge in [-0.1, -0.05) is 15.9 Å². The second-order valence-corrected chi connectivity index (χ2v) is 5.48. The Morgan fingerprint density at radius 1 is 1.37 bits per heavy atom.